The van der Waals surface area contributed by atoms with E-state index >= 15 is 0 Å². The zero-order valence-corrected chi connectivity index (χ0v) is 16.8. The highest BCUT2D eigenvalue weighted by molar-refractivity contribution is 7.18. The minimum Gasteiger partial charge on any atom is -0.508 e. The van der Waals surface area contributed by atoms with Crippen LogP contribution in [0.15, 0.2) is 42.5 Å². The van der Waals surface area contributed by atoms with E-state index in [0.29, 0.717) is 28.4 Å². The third-order valence-corrected chi connectivity index (χ3v) is 5.19. The minimum atomic E-state index is -0.453. The van der Waals surface area contributed by atoms with Gasteiger partial charge in [-0.3, -0.25) is 19.3 Å². The Morgan fingerprint density at radius 3 is 2.46 bits per heavy atom. The van der Waals surface area contributed by atoms with E-state index in [1.807, 2.05) is 0 Å². The number of hydrogen-bond acceptors (Lipinski definition) is 6. The molecule has 8 heteroatoms. The van der Waals surface area contributed by atoms with Gasteiger partial charge in [-0.05, 0) is 30.7 Å². The Kier molecular flexibility index (Phi) is 7.34. The lowest BCUT2D eigenvalue weighted by Crippen LogP contribution is -2.30. The monoisotopic (exact) mass is 401 g/mol. The van der Waals surface area contributed by atoms with Gasteiger partial charge in [0.05, 0.1) is 10.4 Å². The van der Waals surface area contributed by atoms with Gasteiger partial charge in [-0.15, -0.1) is 11.3 Å². The molecule has 0 saturated carbocycles. The van der Waals surface area contributed by atoms with E-state index in [1.54, 1.807) is 62.3 Å². The molecule has 0 spiro atoms. The third-order valence-electron chi connectivity index (χ3n) is 3.89. The lowest BCUT2D eigenvalue weighted by Gasteiger charge is -2.16. The highest BCUT2D eigenvalue weighted by Crippen LogP contribution is 2.31. The van der Waals surface area contributed by atoms with Crippen LogP contribution < -0.4 is 10.2 Å². The molecule has 0 saturated heterocycles. The van der Waals surface area contributed by atoms with Crippen LogP contribution in [-0.2, 0) is 11.3 Å². The molecule has 0 unspecified atom stereocenters. The standard InChI is InChI=1S/C20H23N3O4S/c1-4-5-10-23(13-24)19(27)16-11-17(28-20(16)22(2)3)18(26)21-12-14-6-8-15(25)9-7-14/h4-9,11,13,25H,10,12H2,1-3H3,(H,21,26)/b5-4+. The quantitative estimate of drug-likeness (QED) is 0.524. The second kappa shape index (κ2) is 9.70. The van der Waals surface area contributed by atoms with Crippen molar-refractivity contribution < 1.29 is 19.5 Å². The molecule has 1 aromatic carbocycles. The summed E-state index contributed by atoms with van der Waals surface area (Å²) in [6, 6.07) is 8.04. The predicted octanol–water partition coefficient (Wildman–Crippen LogP) is 2.62. The van der Waals surface area contributed by atoms with Crippen molar-refractivity contribution in [1.82, 2.24) is 10.2 Å². The molecule has 7 nitrogen and oxygen atoms in total. The van der Waals surface area contributed by atoms with Crippen molar-refractivity contribution in [1.29, 1.82) is 0 Å². The Hall–Kier alpha value is -3.13. The van der Waals surface area contributed by atoms with Gasteiger partial charge in [0.1, 0.15) is 10.8 Å². The predicted molar refractivity (Wildman–Crippen MR) is 110 cm³/mol. The molecule has 2 aromatic rings. The van der Waals surface area contributed by atoms with Gasteiger partial charge in [0.2, 0.25) is 6.41 Å². The molecule has 1 aromatic heterocycles. The summed E-state index contributed by atoms with van der Waals surface area (Å²) in [5, 5.41) is 12.7. The van der Waals surface area contributed by atoms with Crippen LogP contribution in [0.3, 0.4) is 0 Å². The van der Waals surface area contributed by atoms with E-state index in [9.17, 15) is 19.5 Å². The Morgan fingerprint density at radius 2 is 1.89 bits per heavy atom. The average Bonchev–Trinajstić information content (AvgIpc) is 3.13. The van der Waals surface area contributed by atoms with Crippen LogP contribution in [0, 0.1) is 0 Å². The zero-order valence-electron chi connectivity index (χ0n) is 16.0. The number of nitrogens with one attached hydrogen (secondary N) is 1. The number of amides is 3. The molecule has 2 N–H and O–H groups in total. The van der Waals surface area contributed by atoms with Crippen molar-refractivity contribution in [2.45, 2.75) is 13.5 Å². The van der Waals surface area contributed by atoms with E-state index in [2.05, 4.69) is 5.32 Å². The smallest absolute Gasteiger partial charge is 0.263 e. The first-order chi connectivity index (χ1) is 13.4. The molecule has 0 radical (unpaired) electrons. The number of phenolic OH excluding ortho intramolecular Hbond substituents is 1. The number of anilines is 1. The third kappa shape index (κ3) is 5.20. The molecule has 0 aliphatic carbocycles. The molecular formula is C20H23N3O4S. The SMILES string of the molecule is C/C=C/CN(C=O)C(=O)c1cc(C(=O)NCc2ccc(O)cc2)sc1N(C)C. The van der Waals surface area contributed by atoms with Gasteiger partial charge in [0, 0.05) is 27.2 Å². The topological polar surface area (TPSA) is 90.0 Å². The number of thiophene rings is 1. The first-order valence-corrected chi connectivity index (χ1v) is 9.43. The highest BCUT2D eigenvalue weighted by Gasteiger charge is 2.24. The number of carbonyl (C=O) groups is 3. The van der Waals surface area contributed by atoms with E-state index < -0.39 is 5.91 Å². The number of benzene rings is 1. The van der Waals surface area contributed by atoms with Crippen LogP contribution in [-0.4, -0.2) is 48.9 Å². The number of imide groups is 1. The molecule has 3 amide bonds. The van der Waals surface area contributed by atoms with Gasteiger partial charge in [0.25, 0.3) is 11.8 Å². The van der Waals surface area contributed by atoms with Gasteiger partial charge in [-0.2, -0.15) is 0 Å². The number of rotatable bonds is 8. The lowest BCUT2D eigenvalue weighted by molar-refractivity contribution is -0.115. The summed E-state index contributed by atoms with van der Waals surface area (Å²) in [6.07, 6.45) is 3.95. The zero-order chi connectivity index (χ0) is 20.7. The summed E-state index contributed by atoms with van der Waals surface area (Å²) >= 11 is 1.19. The number of carbonyl (C=O) groups excluding carboxylic acids is 3. The molecule has 28 heavy (non-hydrogen) atoms. The summed E-state index contributed by atoms with van der Waals surface area (Å²) in [5.41, 5.74) is 1.15. The molecule has 0 aliphatic heterocycles. The van der Waals surface area contributed by atoms with E-state index in [-0.39, 0.29) is 18.2 Å². The van der Waals surface area contributed by atoms with E-state index in [4.69, 9.17) is 0 Å². The second-order valence-corrected chi connectivity index (χ2v) is 7.24. The highest BCUT2D eigenvalue weighted by atomic mass is 32.1. The summed E-state index contributed by atoms with van der Waals surface area (Å²) in [5.74, 6) is -0.610. The van der Waals surface area contributed by atoms with Crippen molar-refractivity contribution in [3.05, 3.63) is 58.5 Å². The molecule has 0 atom stereocenters. The van der Waals surface area contributed by atoms with Crippen molar-refractivity contribution in [2.75, 3.05) is 25.5 Å². The van der Waals surface area contributed by atoms with Gasteiger partial charge < -0.3 is 15.3 Å². The molecule has 1 heterocycles. The fraction of sp³-hybridized carbons (Fsp3) is 0.250. The van der Waals surface area contributed by atoms with Gasteiger partial charge in [-0.25, -0.2) is 0 Å². The van der Waals surface area contributed by atoms with Gasteiger partial charge in [-0.1, -0.05) is 24.3 Å². The number of allylic oxidation sites excluding steroid dienone is 1. The fourth-order valence-electron chi connectivity index (χ4n) is 2.41. The van der Waals surface area contributed by atoms with Crippen LogP contribution in [0.2, 0.25) is 0 Å². The van der Waals surface area contributed by atoms with Gasteiger partial charge in [0.15, 0.2) is 0 Å². The summed E-state index contributed by atoms with van der Waals surface area (Å²) in [6.45, 7) is 2.27. The molecule has 0 aliphatic rings. The molecule has 0 fully saturated rings. The first-order valence-electron chi connectivity index (χ1n) is 8.62. The Bertz CT molecular complexity index is 872. The summed E-state index contributed by atoms with van der Waals surface area (Å²) < 4.78 is 0. The number of hydrogen-bond donors (Lipinski definition) is 2. The second-order valence-electron chi connectivity index (χ2n) is 6.20. The number of nitrogens with zero attached hydrogens (tertiary/aromatic N) is 2. The Morgan fingerprint density at radius 1 is 1.21 bits per heavy atom. The van der Waals surface area contributed by atoms with Crippen LogP contribution >= 0.6 is 11.3 Å². The van der Waals surface area contributed by atoms with Crippen molar-refractivity contribution in [3.8, 4) is 5.75 Å². The van der Waals surface area contributed by atoms with Crippen LogP contribution in [0.5, 0.6) is 5.75 Å². The van der Waals surface area contributed by atoms with Crippen molar-refractivity contribution in [2.24, 2.45) is 0 Å². The fourth-order valence-corrected chi connectivity index (χ4v) is 3.40. The van der Waals surface area contributed by atoms with E-state index in [1.165, 1.54) is 17.4 Å². The van der Waals surface area contributed by atoms with Crippen molar-refractivity contribution in [3.63, 3.8) is 0 Å². The largest absolute Gasteiger partial charge is 0.508 e. The lowest BCUT2D eigenvalue weighted by atomic mass is 10.2. The molecule has 148 valence electrons. The molecular weight excluding hydrogens is 378 g/mol. The van der Waals surface area contributed by atoms with Crippen LogP contribution in [0.4, 0.5) is 5.00 Å². The molecule has 2 rings (SSSR count). The summed E-state index contributed by atoms with van der Waals surface area (Å²) in [4.78, 5) is 39.8. The van der Waals surface area contributed by atoms with E-state index in [0.717, 1.165) is 10.5 Å². The van der Waals surface area contributed by atoms with Crippen LogP contribution in [0.1, 0.15) is 32.5 Å². The number of aromatic hydroxyl groups is 1. The Balaban J connectivity index is 2.20. The average molecular weight is 401 g/mol. The van der Waals surface area contributed by atoms with Gasteiger partial charge >= 0.3 is 0 Å². The maximum atomic E-state index is 12.7. The normalized spacial score (nSPS) is 10.7. The maximum absolute atomic E-state index is 12.7. The molecule has 0 bridgehead atoms. The Labute approximate surface area is 167 Å². The van der Waals surface area contributed by atoms with Crippen LogP contribution in [0.25, 0.3) is 0 Å². The first kappa shape index (κ1) is 21.2. The minimum absolute atomic E-state index is 0.157. The maximum Gasteiger partial charge on any atom is 0.263 e. The number of phenols is 1. The summed E-state index contributed by atoms with van der Waals surface area (Å²) in [7, 11) is 3.55. The van der Waals surface area contributed by atoms with Crippen molar-refractivity contribution >= 4 is 34.6 Å².